The molecule has 0 spiro atoms. The van der Waals surface area contributed by atoms with Gasteiger partial charge in [-0.25, -0.2) is 9.97 Å². The fourth-order valence-corrected chi connectivity index (χ4v) is 4.34. The van der Waals surface area contributed by atoms with Gasteiger partial charge in [-0.15, -0.1) is 0 Å². The average molecular weight is 348 g/mol. The Morgan fingerprint density at radius 3 is 3.00 bits per heavy atom. The Labute approximate surface area is 151 Å². The summed E-state index contributed by atoms with van der Waals surface area (Å²) in [5.74, 6) is 1.12. The van der Waals surface area contributed by atoms with E-state index in [4.69, 9.17) is 4.74 Å². The van der Waals surface area contributed by atoms with E-state index in [1.165, 1.54) is 5.56 Å². The zero-order valence-electron chi connectivity index (χ0n) is 14.3. The van der Waals surface area contributed by atoms with Crippen molar-refractivity contribution in [3.05, 3.63) is 66.2 Å². The molecule has 1 N–H and O–H groups in total. The third-order valence-electron chi connectivity index (χ3n) is 5.61. The molecule has 3 aromatic rings. The van der Waals surface area contributed by atoms with Gasteiger partial charge in [0.1, 0.15) is 5.69 Å². The molecule has 4 atom stereocenters. The molecule has 1 aliphatic heterocycles. The van der Waals surface area contributed by atoms with E-state index in [2.05, 4.69) is 39.6 Å². The van der Waals surface area contributed by atoms with E-state index in [0.29, 0.717) is 23.3 Å². The monoisotopic (exact) mass is 348 g/mol. The molecule has 1 aromatic carbocycles. The Hall–Kier alpha value is -2.73. The number of imidazole rings is 1. The molecule has 3 heterocycles. The molecule has 0 radical (unpaired) electrons. The maximum atomic E-state index is 12.7. The van der Waals surface area contributed by atoms with E-state index in [1.54, 1.807) is 16.8 Å². The first-order valence-electron chi connectivity index (χ1n) is 9.06. The van der Waals surface area contributed by atoms with Crippen LogP contribution in [-0.4, -0.2) is 39.0 Å². The molecule has 0 bridgehead atoms. The summed E-state index contributed by atoms with van der Waals surface area (Å²) in [6.45, 7) is 0.783. The summed E-state index contributed by atoms with van der Waals surface area (Å²) in [6, 6.07) is 12.3. The van der Waals surface area contributed by atoms with Crippen LogP contribution in [0.15, 0.2) is 55.0 Å². The van der Waals surface area contributed by atoms with Crippen molar-refractivity contribution in [3.8, 4) is 0 Å². The lowest BCUT2D eigenvalue weighted by Crippen LogP contribution is -2.62. The van der Waals surface area contributed by atoms with Crippen molar-refractivity contribution in [1.82, 2.24) is 19.7 Å². The topological polar surface area (TPSA) is 68.5 Å². The van der Waals surface area contributed by atoms with Gasteiger partial charge in [0.15, 0.2) is 0 Å². The van der Waals surface area contributed by atoms with Crippen LogP contribution in [0, 0.1) is 11.8 Å². The molecular weight excluding hydrogens is 328 g/mol. The predicted octanol–water partition coefficient (Wildman–Crippen LogP) is 2.11. The van der Waals surface area contributed by atoms with Gasteiger partial charge in [-0.2, -0.15) is 0 Å². The molecule has 1 amide bonds. The van der Waals surface area contributed by atoms with E-state index in [9.17, 15) is 4.79 Å². The normalized spacial score (nSPS) is 27.1. The van der Waals surface area contributed by atoms with Crippen molar-refractivity contribution in [2.75, 3.05) is 6.61 Å². The smallest absolute Gasteiger partial charge is 0.271 e. The predicted molar refractivity (Wildman–Crippen MR) is 95.7 cm³/mol. The molecule has 0 unspecified atom stereocenters. The summed E-state index contributed by atoms with van der Waals surface area (Å²) in [6.07, 6.45) is 7.42. The fourth-order valence-electron chi connectivity index (χ4n) is 4.34. The van der Waals surface area contributed by atoms with Crippen molar-refractivity contribution in [1.29, 1.82) is 0 Å². The highest BCUT2D eigenvalue weighted by atomic mass is 16.5. The van der Waals surface area contributed by atoms with Gasteiger partial charge in [0, 0.05) is 43.1 Å². The minimum atomic E-state index is -0.135. The lowest BCUT2D eigenvalue weighted by molar-refractivity contribution is -0.0528. The number of rotatable bonds is 4. The Bertz CT molecular complexity index is 906. The second-order valence-electron chi connectivity index (χ2n) is 7.09. The SMILES string of the molecule is O=C(N[C@@H]1[C@@H](Cc2ccccc2)[C@H]2OCC[C@@H]12)c1cn2cccnc2n1. The molecule has 26 heavy (non-hydrogen) atoms. The lowest BCUT2D eigenvalue weighted by Gasteiger charge is -2.48. The molecule has 6 heteroatoms. The van der Waals surface area contributed by atoms with Gasteiger partial charge in [0.2, 0.25) is 5.78 Å². The number of ether oxygens (including phenoxy) is 1. The first-order chi connectivity index (χ1) is 12.8. The van der Waals surface area contributed by atoms with Crippen LogP contribution in [-0.2, 0) is 11.2 Å². The molecule has 132 valence electrons. The summed E-state index contributed by atoms with van der Waals surface area (Å²) >= 11 is 0. The summed E-state index contributed by atoms with van der Waals surface area (Å²) in [5, 5.41) is 3.21. The van der Waals surface area contributed by atoms with Crippen LogP contribution in [0.1, 0.15) is 22.5 Å². The van der Waals surface area contributed by atoms with Crippen LogP contribution in [0.2, 0.25) is 0 Å². The van der Waals surface area contributed by atoms with E-state index >= 15 is 0 Å². The Balaban J connectivity index is 1.34. The maximum absolute atomic E-state index is 12.7. The highest BCUT2D eigenvalue weighted by Gasteiger charge is 2.54. The summed E-state index contributed by atoms with van der Waals surface area (Å²) in [5.41, 5.74) is 1.69. The molecule has 1 aliphatic carbocycles. The standard InChI is InChI=1S/C20H20N4O2/c25-19(16-12-24-9-4-8-21-20(24)22-16)23-17-14-7-10-26-18(14)15(17)11-13-5-2-1-3-6-13/h1-6,8-9,12,14-15,17-18H,7,10-11H2,(H,23,25)/t14-,15+,17-,18-/m0/s1. The van der Waals surface area contributed by atoms with E-state index in [0.717, 1.165) is 19.4 Å². The van der Waals surface area contributed by atoms with Crippen molar-refractivity contribution < 1.29 is 9.53 Å². The van der Waals surface area contributed by atoms with Gasteiger partial charge in [-0.05, 0) is 24.5 Å². The third-order valence-corrected chi connectivity index (χ3v) is 5.61. The van der Waals surface area contributed by atoms with Gasteiger partial charge < -0.3 is 10.1 Å². The highest BCUT2D eigenvalue weighted by molar-refractivity contribution is 5.93. The zero-order chi connectivity index (χ0) is 17.5. The molecule has 1 saturated carbocycles. The Morgan fingerprint density at radius 2 is 2.15 bits per heavy atom. The van der Waals surface area contributed by atoms with Gasteiger partial charge in [0.25, 0.3) is 5.91 Å². The number of hydrogen-bond donors (Lipinski definition) is 1. The number of benzene rings is 1. The van der Waals surface area contributed by atoms with Crippen LogP contribution in [0.25, 0.3) is 5.78 Å². The van der Waals surface area contributed by atoms with Crippen molar-refractivity contribution in [2.24, 2.45) is 11.8 Å². The zero-order valence-corrected chi connectivity index (χ0v) is 14.3. The van der Waals surface area contributed by atoms with Crippen molar-refractivity contribution >= 4 is 11.7 Å². The van der Waals surface area contributed by atoms with Crippen LogP contribution >= 0.6 is 0 Å². The van der Waals surface area contributed by atoms with E-state index < -0.39 is 0 Å². The number of aromatic nitrogens is 3. The third kappa shape index (κ3) is 2.57. The number of hydrogen-bond acceptors (Lipinski definition) is 4. The molecule has 5 rings (SSSR count). The van der Waals surface area contributed by atoms with Crippen LogP contribution in [0.4, 0.5) is 0 Å². The Morgan fingerprint density at radius 1 is 1.27 bits per heavy atom. The van der Waals surface area contributed by atoms with Gasteiger partial charge >= 0.3 is 0 Å². The second-order valence-corrected chi connectivity index (χ2v) is 7.09. The molecule has 1 saturated heterocycles. The average Bonchev–Trinajstić information content (AvgIpc) is 3.29. The minimum Gasteiger partial charge on any atom is -0.377 e. The first kappa shape index (κ1) is 15.5. The first-order valence-corrected chi connectivity index (χ1v) is 9.06. The number of nitrogens with zero attached hydrogens (tertiary/aromatic N) is 3. The molecule has 2 aromatic heterocycles. The van der Waals surface area contributed by atoms with E-state index in [1.807, 2.05) is 18.3 Å². The highest BCUT2D eigenvalue weighted by Crippen LogP contribution is 2.45. The van der Waals surface area contributed by atoms with Crippen LogP contribution in [0.5, 0.6) is 0 Å². The summed E-state index contributed by atoms with van der Waals surface area (Å²) < 4.78 is 7.68. The van der Waals surface area contributed by atoms with E-state index in [-0.39, 0.29) is 18.1 Å². The largest absolute Gasteiger partial charge is 0.377 e. The summed E-state index contributed by atoms with van der Waals surface area (Å²) in [7, 11) is 0. The summed E-state index contributed by atoms with van der Waals surface area (Å²) in [4.78, 5) is 21.2. The molecular formula is C20H20N4O2. The van der Waals surface area contributed by atoms with Gasteiger partial charge in [-0.1, -0.05) is 30.3 Å². The van der Waals surface area contributed by atoms with Gasteiger partial charge in [0.05, 0.1) is 6.10 Å². The Kier molecular flexibility index (Phi) is 3.71. The molecule has 6 nitrogen and oxygen atoms in total. The number of fused-ring (bicyclic) bond motifs is 2. The fraction of sp³-hybridized carbons (Fsp3) is 0.350. The van der Waals surface area contributed by atoms with Crippen LogP contribution < -0.4 is 5.32 Å². The molecule has 2 fully saturated rings. The minimum absolute atomic E-state index is 0.132. The number of carbonyl (C=O) groups excluding carboxylic acids is 1. The lowest BCUT2D eigenvalue weighted by atomic mass is 9.64. The second kappa shape index (κ2) is 6.21. The number of amides is 1. The van der Waals surface area contributed by atoms with Crippen LogP contribution in [0.3, 0.4) is 0 Å². The van der Waals surface area contributed by atoms with Gasteiger partial charge in [-0.3, -0.25) is 9.20 Å². The number of nitrogens with one attached hydrogen (secondary N) is 1. The van der Waals surface area contributed by atoms with Crippen molar-refractivity contribution in [3.63, 3.8) is 0 Å². The quantitative estimate of drug-likeness (QED) is 0.784. The maximum Gasteiger partial charge on any atom is 0.271 e. The van der Waals surface area contributed by atoms with Crippen molar-refractivity contribution in [2.45, 2.75) is 25.0 Å². The molecule has 2 aliphatic rings. The number of carbonyl (C=O) groups is 1.